The quantitative estimate of drug-likeness (QED) is 0.845. The lowest BCUT2D eigenvalue weighted by Crippen LogP contribution is -2.46. The van der Waals surface area contributed by atoms with Crippen molar-refractivity contribution in [1.29, 1.82) is 0 Å². The van der Waals surface area contributed by atoms with Crippen molar-refractivity contribution < 1.29 is 0 Å². The van der Waals surface area contributed by atoms with Gasteiger partial charge in [0.1, 0.15) is 0 Å². The molecular formula is C19H30N2. The average molecular weight is 286 g/mol. The number of hydrogen-bond donors (Lipinski definition) is 1. The molecule has 0 spiro atoms. The summed E-state index contributed by atoms with van der Waals surface area (Å²) >= 11 is 0. The summed E-state index contributed by atoms with van der Waals surface area (Å²) in [5.41, 5.74) is 5.07. The second kappa shape index (κ2) is 6.00. The van der Waals surface area contributed by atoms with Crippen LogP contribution >= 0.6 is 0 Å². The zero-order valence-electron chi connectivity index (χ0n) is 13.9. The number of fused-ring (bicyclic) bond motifs is 1. The standard InChI is InChI=1S/C19H30N2/c1-19(2,3)18-14-21(13-7-12-20-18)17-11-6-9-15-8-4-5-10-16(15)17/h6,9,11,18,20H,4-5,7-8,10,12-14H2,1-3H3. The van der Waals surface area contributed by atoms with Crippen LogP contribution in [0.5, 0.6) is 0 Å². The Morgan fingerprint density at radius 1 is 1.10 bits per heavy atom. The second-order valence-corrected chi connectivity index (χ2v) is 7.79. The van der Waals surface area contributed by atoms with Crippen LogP contribution in [0.4, 0.5) is 5.69 Å². The fourth-order valence-corrected chi connectivity index (χ4v) is 3.78. The summed E-state index contributed by atoms with van der Waals surface area (Å²) < 4.78 is 0. The van der Waals surface area contributed by atoms with Gasteiger partial charge in [-0.2, -0.15) is 0 Å². The highest BCUT2D eigenvalue weighted by Gasteiger charge is 2.29. The molecule has 1 aliphatic carbocycles. The van der Waals surface area contributed by atoms with Crippen molar-refractivity contribution in [1.82, 2.24) is 5.32 Å². The average Bonchev–Trinajstić information content (AvgIpc) is 2.72. The van der Waals surface area contributed by atoms with Crippen molar-refractivity contribution in [2.75, 3.05) is 24.5 Å². The number of anilines is 1. The van der Waals surface area contributed by atoms with Crippen LogP contribution in [0.25, 0.3) is 0 Å². The molecule has 0 bridgehead atoms. The lowest BCUT2D eigenvalue weighted by Gasteiger charge is -2.36. The summed E-state index contributed by atoms with van der Waals surface area (Å²) in [6.07, 6.45) is 6.52. The molecule has 3 rings (SSSR count). The molecule has 1 atom stereocenters. The van der Waals surface area contributed by atoms with Gasteiger partial charge in [0.2, 0.25) is 0 Å². The molecule has 2 aliphatic rings. The number of rotatable bonds is 1. The number of hydrogen-bond acceptors (Lipinski definition) is 2. The molecule has 21 heavy (non-hydrogen) atoms. The predicted molar refractivity (Wildman–Crippen MR) is 91.2 cm³/mol. The SMILES string of the molecule is CC(C)(C)C1CN(c2cccc3c2CCCC3)CCCN1. The Labute approximate surface area is 129 Å². The van der Waals surface area contributed by atoms with Crippen molar-refractivity contribution in [3.63, 3.8) is 0 Å². The van der Waals surface area contributed by atoms with E-state index in [1.165, 1.54) is 44.3 Å². The summed E-state index contributed by atoms with van der Waals surface area (Å²) in [5, 5.41) is 3.76. The second-order valence-electron chi connectivity index (χ2n) is 7.79. The molecule has 1 saturated heterocycles. The molecule has 2 nitrogen and oxygen atoms in total. The van der Waals surface area contributed by atoms with Crippen molar-refractivity contribution in [2.24, 2.45) is 5.41 Å². The molecule has 1 aromatic rings. The van der Waals surface area contributed by atoms with E-state index in [9.17, 15) is 0 Å². The Morgan fingerprint density at radius 3 is 2.71 bits per heavy atom. The molecule has 1 N–H and O–H groups in total. The molecule has 2 heteroatoms. The molecule has 1 aromatic carbocycles. The van der Waals surface area contributed by atoms with Crippen LogP contribution in [-0.4, -0.2) is 25.7 Å². The minimum atomic E-state index is 0.317. The molecule has 0 radical (unpaired) electrons. The van der Waals surface area contributed by atoms with E-state index in [-0.39, 0.29) is 0 Å². The molecule has 1 aliphatic heterocycles. The zero-order chi connectivity index (χ0) is 14.9. The first kappa shape index (κ1) is 14.9. The smallest absolute Gasteiger partial charge is 0.0402 e. The largest absolute Gasteiger partial charge is 0.370 e. The van der Waals surface area contributed by atoms with Crippen LogP contribution in [0.2, 0.25) is 0 Å². The number of benzene rings is 1. The van der Waals surface area contributed by atoms with Gasteiger partial charge in [-0.15, -0.1) is 0 Å². The topological polar surface area (TPSA) is 15.3 Å². The molecular weight excluding hydrogens is 256 g/mol. The van der Waals surface area contributed by atoms with Gasteiger partial charge >= 0.3 is 0 Å². The third-order valence-electron chi connectivity index (χ3n) is 5.16. The van der Waals surface area contributed by atoms with Gasteiger partial charge in [0.15, 0.2) is 0 Å². The van der Waals surface area contributed by atoms with Crippen LogP contribution in [0.1, 0.15) is 51.2 Å². The van der Waals surface area contributed by atoms with E-state index in [1.807, 2.05) is 0 Å². The molecule has 1 fully saturated rings. The third kappa shape index (κ3) is 3.26. The minimum Gasteiger partial charge on any atom is -0.370 e. The van der Waals surface area contributed by atoms with Crippen LogP contribution in [0, 0.1) is 5.41 Å². The van der Waals surface area contributed by atoms with E-state index in [4.69, 9.17) is 0 Å². The Bertz CT molecular complexity index is 487. The van der Waals surface area contributed by atoms with Gasteiger partial charge in [0, 0.05) is 24.8 Å². The summed E-state index contributed by atoms with van der Waals surface area (Å²) in [7, 11) is 0. The van der Waals surface area contributed by atoms with E-state index >= 15 is 0 Å². The van der Waals surface area contributed by atoms with Crippen LogP contribution in [-0.2, 0) is 12.8 Å². The lowest BCUT2D eigenvalue weighted by molar-refractivity contribution is 0.280. The van der Waals surface area contributed by atoms with Gasteiger partial charge < -0.3 is 10.2 Å². The Morgan fingerprint density at radius 2 is 1.90 bits per heavy atom. The minimum absolute atomic E-state index is 0.317. The fraction of sp³-hybridized carbons (Fsp3) is 0.684. The highest BCUT2D eigenvalue weighted by atomic mass is 15.2. The number of nitrogens with one attached hydrogen (secondary N) is 1. The summed E-state index contributed by atoms with van der Waals surface area (Å²) in [5.74, 6) is 0. The number of nitrogens with zero attached hydrogens (tertiary/aromatic N) is 1. The Kier molecular flexibility index (Phi) is 4.26. The van der Waals surface area contributed by atoms with Gasteiger partial charge in [0.25, 0.3) is 0 Å². The van der Waals surface area contributed by atoms with E-state index in [2.05, 4.69) is 49.2 Å². The van der Waals surface area contributed by atoms with E-state index in [0.29, 0.717) is 11.5 Å². The Balaban J connectivity index is 1.88. The number of aryl methyl sites for hydroxylation is 1. The van der Waals surface area contributed by atoms with E-state index in [1.54, 1.807) is 11.1 Å². The monoisotopic (exact) mass is 286 g/mol. The van der Waals surface area contributed by atoms with Crippen molar-refractivity contribution in [3.8, 4) is 0 Å². The molecule has 0 saturated carbocycles. The van der Waals surface area contributed by atoms with Crippen LogP contribution < -0.4 is 10.2 Å². The highest BCUT2D eigenvalue weighted by molar-refractivity contribution is 5.58. The molecule has 1 heterocycles. The lowest BCUT2D eigenvalue weighted by atomic mass is 9.86. The van der Waals surface area contributed by atoms with E-state index in [0.717, 1.165) is 13.1 Å². The third-order valence-corrected chi connectivity index (χ3v) is 5.16. The van der Waals surface area contributed by atoms with Gasteiger partial charge in [-0.1, -0.05) is 32.9 Å². The first-order chi connectivity index (χ1) is 10.1. The molecule has 0 amide bonds. The Hall–Kier alpha value is -1.02. The first-order valence-corrected chi connectivity index (χ1v) is 8.65. The van der Waals surface area contributed by atoms with Crippen molar-refractivity contribution in [3.05, 3.63) is 29.3 Å². The zero-order valence-corrected chi connectivity index (χ0v) is 13.9. The van der Waals surface area contributed by atoms with Crippen molar-refractivity contribution >= 4 is 5.69 Å². The first-order valence-electron chi connectivity index (χ1n) is 8.65. The van der Waals surface area contributed by atoms with Gasteiger partial charge in [-0.05, 0) is 61.3 Å². The van der Waals surface area contributed by atoms with Crippen LogP contribution in [0.15, 0.2) is 18.2 Å². The fourth-order valence-electron chi connectivity index (χ4n) is 3.78. The van der Waals surface area contributed by atoms with Crippen LogP contribution in [0.3, 0.4) is 0 Å². The molecule has 116 valence electrons. The van der Waals surface area contributed by atoms with Gasteiger partial charge in [-0.3, -0.25) is 0 Å². The normalized spacial score (nSPS) is 23.6. The summed E-state index contributed by atoms with van der Waals surface area (Å²) in [6, 6.07) is 7.54. The maximum Gasteiger partial charge on any atom is 0.0402 e. The maximum absolute atomic E-state index is 3.76. The molecule has 0 aromatic heterocycles. The molecule has 1 unspecified atom stereocenters. The van der Waals surface area contributed by atoms with E-state index < -0.39 is 0 Å². The van der Waals surface area contributed by atoms with Crippen molar-refractivity contribution in [2.45, 2.75) is 58.9 Å². The van der Waals surface area contributed by atoms with Gasteiger partial charge in [0.05, 0.1) is 0 Å². The highest BCUT2D eigenvalue weighted by Crippen LogP contribution is 2.32. The summed E-state index contributed by atoms with van der Waals surface area (Å²) in [4.78, 5) is 2.65. The predicted octanol–water partition coefficient (Wildman–Crippen LogP) is 3.78. The van der Waals surface area contributed by atoms with Gasteiger partial charge in [-0.25, -0.2) is 0 Å². The maximum atomic E-state index is 3.76. The summed E-state index contributed by atoms with van der Waals surface area (Å²) in [6.45, 7) is 10.5.